The number of amides is 1. The summed E-state index contributed by atoms with van der Waals surface area (Å²) in [6.07, 6.45) is 1.73. The summed E-state index contributed by atoms with van der Waals surface area (Å²) in [5.74, 6) is -0.0649. The fourth-order valence-corrected chi connectivity index (χ4v) is 2.09. The van der Waals surface area contributed by atoms with Crippen LogP contribution in [0, 0.1) is 13.8 Å². The smallest absolute Gasteiger partial charge is 0.251 e. The Balaban J connectivity index is 2.13. The van der Waals surface area contributed by atoms with Crippen molar-refractivity contribution in [3.05, 3.63) is 65.0 Å². The minimum atomic E-state index is -0.102. The van der Waals surface area contributed by atoms with Gasteiger partial charge in [0.05, 0.1) is 11.7 Å². The predicted molar refractivity (Wildman–Crippen MR) is 76.0 cm³/mol. The zero-order valence-corrected chi connectivity index (χ0v) is 11.5. The summed E-state index contributed by atoms with van der Waals surface area (Å²) in [7, 11) is 0. The Morgan fingerprint density at radius 2 is 1.84 bits per heavy atom. The Labute approximate surface area is 113 Å². The molecule has 0 saturated heterocycles. The molecule has 0 aliphatic rings. The van der Waals surface area contributed by atoms with E-state index in [2.05, 4.69) is 16.4 Å². The number of hydrogen-bond donors (Lipinski definition) is 1. The van der Waals surface area contributed by atoms with Crippen LogP contribution in [0.3, 0.4) is 0 Å². The van der Waals surface area contributed by atoms with Crippen molar-refractivity contribution in [1.82, 2.24) is 10.3 Å². The van der Waals surface area contributed by atoms with Crippen molar-refractivity contribution >= 4 is 5.91 Å². The van der Waals surface area contributed by atoms with Gasteiger partial charge in [-0.3, -0.25) is 9.78 Å². The number of aryl methyl sites for hydroxylation is 2. The number of carbonyl (C=O) groups excluding carboxylic acids is 1. The second kappa shape index (κ2) is 5.65. The van der Waals surface area contributed by atoms with Crippen LogP contribution in [-0.4, -0.2) is 10.9 Å². The first-order chi connectivity index (χ1) is 9.06. The van der Waals surface area contributed by atoms with Gasteiger partial charge in [-0.1, -0.05) is 23.3 Å². The molecule has 2 aromatic rings. The molecule has 3 nitrogen and oxygen atoms in total. The standard InChI is InChI=1S/C16H18N2O/c1-11-8-12(2)10-14(9-11)16(19)18-13(3)15-6-4-5-7-17-15/h4-10,13H,1-3H3,(H,18,19)/t13-/m1/s1. The van der Waals surface area contributed by atoms with Gasteiger partial charge >= 0.3 is 0 Å². The fourth-order valence-electron chi connectivity index (χ4n) is 2.09. The maximum Gasteiger partial charge on any atom is 0.251 e. The molecule has 1 aromatic carbocycles. The van der Waals surface area contributed by atoms with E-state index in [1.807, 2.05) is 51.1 Å². The van der Waals surface area contributed by atoms with Gasteiger partial charge in [-0.2, -0.15) is 0 Å². The summed E-state index contributed by atoms with van der Waals surface area (Å²) < 4.78 is 0. The van der Waals surface area contributed by atoms with Crippen LogP contribution in [-0.2, 0) is 0 Å². The lowest BCUT2D eigenvalue weighted by Crippen LogP contribution is -2.27. The molecule has 0 aliphatic carbocycles. The highest BCUT2D eigenvalue weighted by Crippen LogP contribution is 2.12. The molecule has 1 amide bonds. The van der Waals surface area contributed by atoms with Crippen LogP contribution in [0.2, 0.25) is 0 Å². The lowest BCUT2D eigenvalue weighted by Gasteiger charge is -2.14. The minimum absolute atomic E-state index is 0.0649. The van der Waals surface area contributed by atoms with E-state index in [1.165, 1.54) is 0 Å². The van der Waals surface area contributed by atoms with Crippen molar-refractivity contribution in [3.8, 4) is 0 Å². The molecule has 0 aliphatic heterocycles. The molecular weight excluding hydrogens is 236 g/mol. The molecule has 0 saturated carbocycles. The van der Waals surface area contributed by atoms with E-state index < -0.39 is 0 Å². The molecule has 0 radical (unpaired) electrons. The molecule has 19 heavy (non-hydrogen) atoms. The third-order valence-electron chi connectivity index (χ3n) is 2.96. The highest BCUT2D eigenvalue weighted by Gasteiger charge is 2.12. The molecule has 0 spiro atoms. The maximum atomic E-state index is 12.2. The molecule has 3 heteroatoms. The molecule has 1 heterocycles. The van der Waals surface area contributed by atoms with E-state index in [1.54, 1.807) is 6.20 Å². The van der Waals surface area contributed by atoms with Crippen molar-refractivity contribution in [1.29, 1.82) is 0 Å². The summed E-state index contributed by atoms with van der Waals surface area (Å²) >= 11 is 0. The van der Waals surface area contributed by atoms with Gasteiger partial charge in [0.15, 0.2) is 0 Å². The number of nitrogens with zero attached hydrogens (tertiary/aromatic N) is 1. The van der Waals surface area contributed by atoms with Crippen molar-refractivity contribution in [2.24, 2.45) is 0 Å². The number of pyridine rings is 1. The summed E-state index contributed by atoms with van der Waals surface area (Å²) in [6.45, 7) is 5.92. The van der Waals surface area contributed by atoms with Gasteiger partial charge in [-0.25, -0.2) is 0 Å². The van der Waals surface area contributed by atoms with E-state index in [9.17, 15) is 4.79 Å². The first kappa shape index (κ1) is 13.3. The van der Waals surface area contributed by atoms with Crippen LogP contribution in [0.25, 0.3) is 0 Å². The zero-order chi connectivity index (χ0) is 13.8. The fraction of sp³-hybridized carbons (Fsp3) is 0.250. The molecule has 0 bridgehead atoms. The average Bonchev–Trinajstić information content (AvgIpc) is 2.38. The van der Waals surface area contributed by atoms with Gasteiger partial charge in [0.1, 0.15) is 0 Å². The topological polar surface area (TPSA) is 42.0 Å². The van der Waals surface area contributed by atoms with Crippen molar-refractivity contribution < 1.29 is 4.79 Å². The van der Waals surface area contributed by atoms with E-state index >= 15 is 0 Å². The molecule has 98 valence electrons. The van der Waals surface area contributed by atoms with Gasteiger partial charge in [0.25, 0.3) is 5.91 Å². The Morgan fingerprint density at radius 1 is 1.16 bits per heavy atom. The van der Waals surface area contributed by atoms with Crippen LogP contribution in [0.4, 0.5) is 0 Å². The molecular formula is C16H18N2O. The molecule has 1 aromatic heterocycles. The first-order valence-electron chi connectivity index (χ1n) is 6.36. The van der Waals surface area contributed by atoms with Crippen molar-refractivity contribution in [2.75, 3.05) is 0 Å². The number of benzene rings is 1. The van der Waals surface area contributed by atoms with Crippen LogP contribution in [0.5, 0.6) is 0 Å². The average molecular weight is 254 g/mol. The molecule has 0 fully saturated rings. The summed E-state index contributed by atoms with van der Waals surface area (Å²) in [5.41, 5.74) is 3.74. The zero-order valence-electron chi connectivity index (χ0n) is 11.5. The van der Waals surface area contributed by atoms with E-state index in [-0.39, 0.29) is 11.9 Å². The highest BCUT2D eigenvalue weighted by atomic mass is 16.1. The summed E-state index contributed by atoms with van der Waals surface area (Å²) in [4.78, 5) is 16.4. The minimum Gasteiger partial charge on any atom is -0.344 e. The van der Waals surface area contributed by atoms with Gasteiger partial charge in [0, 0.05) is 11.8 Å². The quantitative estimate of drug-likeness (QED) is 0.914. The monoisotopic (exact) mass is 254 g/mol. The SMILES string of the molecule is Cc1cc(C)cc(C(=O)N[C@H](C)c2ccccn2)c1. The lowest BCUT2D eigenvalue weighted by atomic mass is 10.1. The van der Waals surface area contributed by atoms with Gasteiger partial charge < -0.3 is 5.32 Å². The van der Waals surface area contributed by atoms with Gasteiger partial charge in [0.2, 0.25) is 0 Å². The second-order valence-corrected chi connectivity index (χ2v) is 4.83. The van der Waals surface area contributed by atoms with Crippen LogP contribution < -0.4 is 5.32 Å². The summed E-state index contributed by atoms with van der Waals surface area (Å²) in [5, 5.41) is 2.97. The van der Waals surface area contributed by atoms with Crippen LogP contribution in [0.15, 0.2) is 42.6 Å². The molecule has 2 rings (SSSR count). The number of rotatable bonds is 3. The normalized spacial score (nSPS) is 11.9. The van der Waals surface area contributed by atoms with Gasteiger partial charge in [-0.15, -0.1) is 0 Å². The van der Waals surface area contributed by atoms with Crippen LogP contribution >= 0.6 is 0 Å². The Hall–Kier alpha value is -2.16. The highest BCUT2D eigenvalue weighted by molar-refractivity contribution is 5.94. The number of hydrogen-bond acceptors (Lipinski definition) is 2. The Morgan fingerprint density at radius 3 is 2.42 bits per heavy atom. The van der Waals surface area contributed by atoms with Crippen LogP contribution in [0.1, 0.15) is 40.1 Å². The summed E-state index contributed by atoms with van der Waals surface area (Å²) in [6, 6.07) is 11.4. The molecule has 1 atom stereocenters. The first-order valence-corrected chi connectivity index (χ1v) is 6.36. The Kier molecular flexibility index (Phi) is 3.95. The Bertz CT molecular complexity index is 558. The van der Waals surface area contributed by atoms with Crippen molar-refractivity contribution in [2.45, 2.75) is 26.8 Å². The predicted octanol–water partition coefficient (Wildman–Crippen LogP) is 3.19. The number of aromatic nitrogens is 1. The lowest BCUT2D eigenvalue weighted by molar-refractivity contribution is 0.0939. The molecule has 0 unspecified atom stereocenters. The maximum absolute atomic E-state index is 12.2. The third kappa shape index (κ3) is 3.41. The second-order valence-electron chi connectivity index (χ2n) is 4.83. The third-order valence-corrected chi connectivity index (χ3v) is 2.96. The van der Waals surface area contributed by atoms with E-state index in [0.717, 1.165) is 16.8 Å². The van der Waals surface area contributed by atoms with Crippen molar-refractivity contribution in [3.63, 3.8) is 0 Å². The number of nitrogens with one attached hydrogen (secondary N) is 1. The molecule has 1 N–H and O–H groups in total. The van der Waals surface area contributed by atoms with E-state index in [4.69, 9.17) is 0 Å². The number of carbonyl (C=O) groups is 1. The van der Waals surface area contributed by atoms with E-state index in [0.29, 0.717) is 5.56 Å². The largest absolute Gasteiger partial charge is 0.344 e. The van der Waals surface area contributed by atoms with Gasteiger partial charge in [-0.05, 0) is 45.0 Å².